The first-order chi connectivity index (χ1) is 9.51. The van der Waals surface area contributed by atoms with E-state index in [1.807, 2.05) is 31.2 Å². The van der Waals surface area contributed by atoms with Crippen molar-refractivity contribution >= 4 is 26.9 Å². The van der Waals surface area contributed by atoms with Gasteiger partial charge in [-0.15, -0.1) is 0 Å². The predicted octanol–water partition coefficient (Wildman–Crippen LogP) is 3.20. The van der Waals surface area contributed by atoms with Gasteiger partial charge in [-0.2, -0.15) is 0 Å². The maximum atomic E-state index is 11.9. The van der Waals surface area contributed by atoms with Crippen LogP contribution in [0.4, 0.5) is 17.1 Å². The second kappa shape index (κ2) is 5.96. The van der Waals surface area contributed by atoms with Crippen LogP contribution >= 0.6 is 0 Å². The molecule has 4 nitrogen and oxygen atoms in total. The molecule has 0 aromatic heterocycles. The zero-order chi connectivity index (χ0) is 14.6. The monoisotopic (exact) mass is 290 g/mol. The van der Waals surface area contributed by atoms with Crippen LogP contribution in [-0.2, 0) is 9.84 Å². The van der Waals surface area contributed by atoms with Gasteiger partial charge in [0.25, 0.3) is 0 Å². The number of nitrogens with one attached hydrogen (secondary N) is 1. The van der Waals surface area contributed by atoms with Gasteiger partial charge in [0.05, 0.1) is 10.6 Å². The van der Waals surface area contributed by atoms with Crippen molar-refractivity contribution in [2.45, 2.75) is 18.2 Å². The molecule has 0 aliphatic rings. The Morgan fingerprint density at radius 1 is 0.950 bits per heavy atom. The van der Waals surface area contributed by atoms with Gasteiger partial charge in [-0.25, -0.2) is 8.42 Å². The second-order valence-corrected chi connectivity index (χ2v) is 6.70. The van der Waals surface area contributed by atoms with E-state index in [0.717, 1.165) is 11.4 Å². The summed E-state index contributed by atoms with van der Waals surface area (Å²) >= 11 is 0. The number of sulfone groups is 1. The Balaban J connectivity index is 2.14. The number of anilines is 3. The first-order valence-electron chi connectivity index (χ1n) is 6.46. The largest absolute Gasteiger partial charge is 0.399 e. The average molecular weight is 290 g/mol. The van der Waals surface area contributed by atoms with E-state index in [2.05, 4.69) is 5.32 Å². The summed E-state index contributed by atoms with van der Waals surface area (Å²) in [6, 6.07) is 14.1. The summed E-state index contributed by atoms with van der Waals surface area (Å²) in [5.74, 6) is 0.178. The minimum Gasteiger partial charge on any atom is -0.399 e. The highest BCUT2D eigenvalue weighted by molar-refractivity contribution is 7.91. The molecule has 5 heteroatoms. The van der Waals surface area contributed by atoms with E-state index < -0.39 is 9.84 Å². The summed E-state index contributed by atoms with van der Waals surface area (Å²) in [5, 5.41) is 3.19. The molecule has 0 unspecified atom stereocenters. The fourth-order valence-corrected chi connectivity index (χ4v) is 3.19. The summed E-state index contributed by atoms with van der Waals surface area (Å²) in [7, 11) is -3.15. The van der Waals surface area contributed by atoms with Gasteiger partial charge in [0.1, 0.15) is 0 Å². The normalized spacial score (nSPS) is 11.2. The third-order valence-electron chi connectivity index (χ3n) is 2.89. The summed E-state index contributed by atoms with van der Waals surface area (Å²) in [4.78, 5) is 0.363. The van der Waals surface area contributed by atoms with Crippen LogP contribution in [0.25, 0.3) is 0 Å². The molecule has 20 heavy (non-hydrogen) atoms. The zero-order valence-corrected chi connectivity index (χ0v) is 12.2. The van der Waals surface area contributed by atoms with Crippen molar-refractivity contribution in [3.8, 4) is 0 Å². The molecule has 106 valence electrons. The van der Waals surface area contributed by atoms with Crippen molar-refractivity contribution in [1.82, 2.24) is 0 Å². The summed E-state index contributed by atoms with van der Waals surface area (Å²) < 4.78 is 23.8. The topological polar surface area (TPSA) is 72.2 Å². The first-order valence-corrected chi connectivity index (χ1v) is 8.12. The molecule has 0 saturated heterocycles. The van der Waals surface area contributed by atoms with Gasteiger partial charge in [-0.3, -0.25) is 0 Å². The van der Waals surface area contributed by atoms with Crippen molar-refractivity contribution in [3.63, 3.8) is 0 Å². The van der Waals surface area contributed by atoms with E-state index in [-0.39, 0.29) is 5.75 Å². The standard InChI is InChI=1S/C15H18N2O2S/c1-2-11-20(18,19)15-9-7-14(8-10-15)17-13-5-3-12(16)4-6-13/h3-10,17H,2,11,16H2,1H3. The van der Waals surface area contributed by atoms with E-state index in [0.29, 0.717) is 17.0 Å². The number of hydrogen-bond acceptors (Lipinski definition) is 4. The fourth-order valence-electron chi connectivity index (χ4n) is 1.87. The fraction of sp³-hybridized carbons (Fsp3) is 0.200. The molecule has 2 aromatic rings. The van der Waals surface area contributed by atoms with Gasteiger partial charge in [0.15, 0.2) is 9.84 Å². The Morgan fingerprint density at radius 3 is 1.95 bits per heavy atom. The van der Waals surface area contributed by atoms with Crippen molar-refractivity contribution in [1.29, 1.82) is 0 Å². The lowest BCUT2D eigenvalue weighted by Crippen LogP contribution is -2.05. The van der Waals surface area contributed by atoms with Crippen molar-refractivity contribution in [3.05, 3.63) is 48.5 Å². The molecule has 0 atom stereocenters. The Morgan fingerprint density at radius 2 is 1.45 bits per heavy atom. The lowest BCUT2D eigenvalue weighted by Gasteiger charge is -2.08. The molecular formula is C15H18N2O2S. The predicted molar refractivity (Wildman–Crippen MR) is 82.9 cm³/mol. The highest BCUT2D eigenvalue weighted by Gasteiger charge is 2.12. The third kappa shape index (κ3) is 3.51. The van der Waals surface area contributed by atoms with Crippen LogP contribution in [0.15, 0.2) is 53.4 Å². The molecule has 0 aliphatic heterocycles. The summed E-state index contributed by atoms with van der Waals surface area (Å²) in [6.45, 7) is 1.86. The molecule has 0 saturated carbocycles. The summed E-state index contributed by atoms with van der Waals surface area (Å²) in [6.07, 6.45) is 0.619. The van der Waals surface area contributed by atoms with Crippen molar-refractivity contribution < 1.29 is 8.42 Å². The van der Waals surface area contributed by atoms with Gasteiger partial charge in [0.2, 0.25) is 0 Å². The lowest BCUT2D eigenvalue weighted by atomic mass is 10.2. The minimum atomic E-state index is -3.15. The van der Waals surface area contributed by atoms with E-state index in [1.54, 1.807) is 24.3 Å². The first kappa shape index (κ1) is 14.4. The molecule has 2 rings (SSSR count). The van der Waals surface area contributed by atoms with Gasteiger partial charge in [0, 0.05) is 17.1 Å². The van der Waals surface area contributed by atoms with Gasteiger partial charge in [-0.1, -0.05) is 6.92 Å². The Kier molecular flexibility index (Phi) is 4.29. The second-order valence-electron chi connectivity index (χ2n) is 4.59. The van der Waals surface area contributed by atoms with E-state index in [4.69, 9.17) is 5.73 Å². The number of hydrogen-bond donors (Lipinski definition) is 2. The van der Waals surface area contributed by atoms with Crippen molar-refractivity contribution in [2.24, 2.45) is 0 Å². The number of nitrogens with two attached hydrogens (primary N) is 1. The van der Waals surface area contributed by atoms with Crippen LogP contribution in [0.2, 0.25) is 0 Å². The Bertz CT molecular complexity index is 662. The Hall–Kier alpha value is -2.01. The molecule has 0 radical (unpaired) electrons. The number of benzene rings is 2. The van der Waals surface area contributed by atoms with Crippen LogP contribution in [-0.4, -0.2) is 14.2 Å². The van der Waals surface area contributed by atoms with Crippen LogP contribution in [0.3, 0.4) is 0 Å². The maximum Gasteiger partial charge on any atom is 0.178 e. The molecule has 0 bridgehead atoms. The SMILES string of the molecule is CCCS(=O)(=O)c1ccc(Nc2ccc(N)cc2)cc1. The zero-order valence-electron chi connectivity index (χ0n) is 11.3. The molecule has 0 amide bonds. The van der Waals surface area contributed by atoms with E-state index in [1.165, 1.54) is 0 Å². The van der Waals surface area contributed by atoms with Crippen LogP contribution in [0.1, 0.15) is 13.3 Å². The van der Waals surface area contributed by atoms with Crippen LogP contribution in [0, 0.1) is 0 Å². The molecule has 0 heterocycles. The highest BCUT2D eigenvalue weighted by Crippen LogP contribution is 2.20. The highest BCUT2D eigenvalue weighted by atomic mass is 32.2. The van der Waals surface area contributed by atoms with Gasteiger partial charge >= 0.3 is 0 Å². The quantitative estimate of drug-likeness (QED) is 0.829. The lowest BCUT2D eigenvalue weighted by molar-refractivity contribution is 0.595. The van der Waals surface area contributed by atoms with E-state index in [9.17, 15) is 8.42 Å². The minimum absolute atomic E-state index is 0.178. The number of nitrogen functional groups attached to an aromatic ring is 1. The smallest absolute Gasteiger partial charge is 0.178 e. The van der Waals surface area contributed by atoms with Crippen molar-refractivity contribution in [2.75, 3.05) is 16.8 Å². The third-order valence-corrected chi connectivity index (χ3v) is 4.82. The van der Waals surface area contributed by atoms with Gasteiger partial charge < -0.3 is 11.1 Å². The molecule has 0 fully saturated rings. The van der Waals surface area contributed by atoms with E-state index >= 15 is 0 Å². The Labute approximate surface area is 119 Å². The maximum absolute atomic E-state index is 11.9. The van der Waals surface area contributed by atoms with Gasteiger partial charge in [-0.05, 0) is 55.0 Å². The molecule has 0 spiro atoms. The van der Waals surface area contributed by atoms with Crippen LogP contribution in [0.5, 0.6) is 0 Å². The molecule has 3 N–H and O–H groups in total. The number of rotatable bonds is 5. The average Bonchev–Trinajstić information content (AvgIpc) is 2.42. The molecule has 0 aliphatic carbocycles. The van der Waals surface area contributed by atoms with Crippen LogP contribution < -0.4 is 11.1 Å². The summed E-state index contributed by atoms with van der Waals surface area (Å²) in [5.41, 5.74) is 8.07. The molecular weight excluding hydrogens is 272 g/mol. The molecule has 2 aromatic carbocycles.